The van der Waals surface area contributed by atoms with Gasteiger partial charge in [-0.05, 0) is 30.5 Å². The first-order valence-corrected chi connectivity index (χ1v) is 7.02. The molecule has 1 aliphatic rings. The molecule has 21 heavy (non-hydrogen) atoms. The number of phenols is 1. The Balaban J connectivity index is 1.51. The third-order valence-electron chi connectivity index (χ3n) is 3.29. The van der Waals surface area contributed by atoms with E-state index in [1.165, 1.54) is 0 Å². The summed E-state index contributed by atoms with van der Waals surface area (Å²) in [5, 5.41) is 19.7. The summed E-state index contributed by atoms with van der Waals surface area (Å²) in [5.41, 5.74) is 1.83. The van der Waals surface area contributed by atoms with E-state index in [-0.39, 0.29) is 18.2 Å². The molecule has 3 N–H and O–H groups in total. The zero-order valence-corrected chi connectivity index (χ0v) is 11.6. The maximum absolute atomic E-state index is 11.7. The summed E-state index contributed by atoms with van der Waals surface area (Å²) >= 11 is 0. The molecule has 110 valence electrons. The van der Waals surface area contributed by atoms with E-state index in [0.717, 1.165) is 24.1 Å². The van der Waals surface area contributed by atoms with Crippen LogP contribution in [0.2, 0.25) is 0 Å². The highest BCUT2D eigenvalue weighted by Gasteiger charge is 2.23. The van der Waals surface area contributed by atoms with Gasteiger partial charge in [-0.3, -0.25) is 9.48 Å². The van der Waals surface area contributed by atoms with Gasteiger partial charge in [-0.1, -0.05) is 12.1 Å². The molecular formula is C15H18N4O2. The van der Waals surface area contributed by atoms with Crippen LogP contribution in [0.3, 0.4) is 0 Å². The molecule has 0 saturated heterocycles. The minimum Gasteiger partial charge on any atom is -0.508 e. The van der Waals surface area contributed by atoms with Gasteiger partial charge in [0.05, 0.1) is 11.9 Å². The van der Waals surface area contributed by atoms with Gasteiger partial charge in [0.2, 0.25) is 5.91 Å². The average Bonchev–Trinajstić information content (AvgIpc) is 3.14. The van der Waals surface area contributed by atoms with Gasteiger partial charge in [0.1, 0.15) is 12.3 Å². The fraction of sp³-hybridized carbons (Fsp3) is 0.333. The highest BCUT2D eigenvalue weighted by Crippen LogP contribution is 2.18. The van der Waals surface area contributed by atoms with Crippen molar-refractivity contribution >= 4 is 11.6 Å². The molecule has 1 amide bonds. The van der Waals surface area contributed by atoms with Crippen molar-refractivity contribution in [3.8, 4) is 5.75 Å². The number of anilines is 1. The first-order chi connectivity index (χ1) is 10.2. The second-order valence-corrected chi connectivity index (χ2v) is 5.29. The van der Waals surface area contributed by atoms with Crippen LogP contribution in [0, 0.1) is 0 Å². The average molecular weight is 286 g/mol. The third kappa shape index (κ3) is 3.98. The van der Waals surface area contributed by atoms with Crippen molar-refractivity contribution in [1.29, 1.82) is 0 Å². The summed E-state index contributed by atoms with van der Waals surface area (Å²) < 4.78 is 1.61. The maximum atomic E-state index is 11.7. The van der Waals surface area contributed by atoms with Crippen molar-refractivity contribution in [3.63, 3.8) is 0 Å². The zero-order chi connectivity index (χ0) is 14.7. The minimum atomic E-state index is 0.000122. The molecule has 1 aromatic heterocycles. The zero-order valence-electron chi connectivity index (χ0n) is 11.6. The van der Waals surface area contributed by atoms with E-state index in [2.05, 4.69) is 15.7 Å². The summed E-state index contributed by atoms with van der Waals surface area (Å²) in [4.78, 5) is 11.7. The number of aromatic nitrogens is 2. The molecule has 1 aromatic carbocycles. The molecule has 0 bridgehead atoms. The number of aromatic hydroxyl groups is 1. The van der Waals surface area contributed by atoms with Crippen molar-refractivity contribution in [2.45, 2.75) is 32.0 Å². The highest BCUT2D eigenvalue weighted by molar-refractivity contribution is 5.76. The minimum absolute atomic E-state index is 0.000122. The second-order valence-electron chi connectivity index (χ2n) is 5.29. The van der Waals surface area contributed by atoms with E-state index in [1.807, 2.05) is 6.07 Å². The molecule has 1 heterocycles. The van der Waals surface area contributed by atoms with Gasteiger partial charge >= 0.3 is 0 Å². The molecule has 3 rings (SSSR count). The Labute approximate surface area is 122 Å². The fourth-order valence-corrected chi connectivity index (χ4v) is 2.06. The molecule has 0 unspecified atom stereocenters. The van der Waals surface area contributed by atoms with Crippen LogP contribution < -0.4 is 10.6 Å². The second kappa shape index (κ2) is 5.87. The summed E-state index contributed by atoms with van der Waals surface area (Å²) in [7, 11) is 0. The van der Waals surface area contributed by atoms with E-state index >= 15 is 0 Å². The highest BCUT2D eigenvalue weighted by atomic mass is 16.3. The molecular weight excluding hydrogens is 268 g/mol. The van der Waals surface area contributed by atoms with Gasteiger partial charge in [0.25, 0.3) is 0 Å². The van der Waals surface area contributed by atoms with E-state index < -0.39 is 0 Å². The number of hydrogen-bond acceptors (Lipinski definition) is 4. The van der Waals surface area contributed by atoms with Gasteiger partial charge < -0.3 is 15.7 Å². The summed E-state index contributed by atoms with van der Waals surface area (Å²) in [6, 6.07) is 7.45. The summed E-state index contributed by atoms with van der Waals surface area (Å²) in [6.07, 6.45) is 5.66. The molecule has 1 saturated carbocycles. The van der Waals surface area contributed by atoms with E-state index in [4.69, 9.17) is 0 Å². The quantitative estimate of drug-likeness (QED) is 0.751. The van der Waals surface area contributed by atoms with Crippen molar-refractivity contribution < 1.29 is 9.90 Å². The first kappa shape index (κ1) is 13.5. The third-order valence-corrected chi connectivity index (χ3v) is 3.29. The lowest BCUT2D eigenvalue weighted by Crippen LogP contribution is -2.29. The lowest BCUT2D eigenvalue weighted by molar-refractivity contribution is -0.122. The Morgan fingerprint density at radius 1 is 1.43 bits per heavy atom. The fourth-order valence-electron chi connectivity index (χ4n) is 2.06. The lowest BCUT2D eigenvalue weighted by atomic mass is 10.2. The topological polar surface area (TPSA) is 79.2 Å². The van der Waals surface area contributed by atoms with Crippen LogP contribution in [-0.2, 0) is 17.9 Å². The molecule has 0 atom stereocenters. The van der Waals surface area contributed by atoms with Gasteiger partial charge in [-0.25, -0.2) is 0 Å². The van der Waals surface area contributed by atoms with Crippen LogP contribution in [0.5, 0.6) is 5.75 Å². The molecule has 0 aliphatic heterocycles. The summed E-state index contributed by atoms with van der Waals surface area (Å²) in [5.74, 6) is 0.252. The number of carbonyl (C=O) groups excluding carboxylic acids is 1. The van der Waals surface area contributed by atoms with E-state index in [9.17, 15) is 9.90 Å². The van der Waals surface area contributed by atoms with Crippen LogP contribution in [0.25, 0.3) is 0 Å². The number of nitrogens with one attached hydrogen (secondary N) is 2. The Morgan fingerprint density at radius 3 is 3.05 bits per heavy atom. The molecule has 6 nitrogen and oxygen atoms in total. The number of phenolic OH excluding ortho intramolecular Hbond substituents is 1. The number of nitrogens with zero attached hydrogens (tertiary/aromatic N) is 2. The maximum Gasteiger partial charge on any atom is 0.241 e. The largest absolute Gasteiger partial charge is 0.508 e. The predicted octanol–water partition coefficient (Wildman–Crippen LogP) is 1.48. The SMILES string of the molecule is O=C(Cn1cc(NCc2cccc(O)c2)cn1)NC1CC1. The molecule has 1 aliphatic carbocycles. The standard InChI is InChI=1S/C15H18N4O2/c20-14-3-1-2-11(6-14)7-16-13-8-17-19(9-13)10-15(21)18-12-4-5-12/h1-3,6,8-9,12,16,20H,4-5,7,10H2,(H,18,21). The molecule has 1 fully saturated rings. The molecule has 6 heteroatoms. The van der Waals surface area contributed by atoms with Gasteiger partial charge in [0.15, 0.2) is 0 Å². The first-order valence-electron chi connectivity index (χ1n) is 7.02. The number of benzene rings is 1. The van der Waals surface area contributed by atoms with Crippen LogP contribution in [0.15, 0.2) is 36.7 Å². The predicted molar refractivity (Wildman–Crippen MR) is 78.8 cm³/mol. The van der Waals surface area contributed by atoms with Crippen LogP contribution in [-0.4, -0.2) is 26.8 Å². The molecule has 2 aromatic rings. The summed E-state index contributed by atoms with van der Waals surface area (Å²) in [6.45, 7) is 0.832. The molecule has 0 radical (unpaired) electrons. The van der Waals surface area contributed by atoms with Crippen LogP contribution in [0.1, 0.15) is 18.4 Å². The van der Waals surface area contributed by atoms with Crippen LogP contribution in [0.4, 0.5) is 5.69 Å². The Hall–Kier alpha value is -2.50. The van der Waals surface area contributed by atoms with Gasteiger partial charge in [0, 0.05) is 18.8 Å². The van der Waals surface area contributed by atoms with E-state index in [1.54, 1.807) is 35.3 Å². The molecule has 0 spiro atoms. The number of rotatable bonds is 6. The van der Waals surface area contributed by atoms with E-state index in [0.29, 0.717) is 12.6 Å². The Kier molecular flexibility index (Phi) is 3.77. The van der Waals surface area contributed by atoms with Crippen molar-refractivity contribution in [3.05, 3.63) is 42.2 Å². The normalized spacial score (nSPS) is 13.9. The lowest BCUT2D eigenvalue weighted by Gasteiger charge is -2.04. The van der Waals surface area contributed by atoms with Crippen molar-refractivity contribution in [2.24, 2.45) is 0 Å². The van der Waals surface area contributed by atoms with Crippen molar-refractivity contribution in [2.75, 3.05) is 5.32 Å². The van der Waals surface area contributed by atoms with Crippen molar-refractivity contribution in [1.82, 2.24) is 15.1 Å². The number of amides is 1. The van der Waals surface area contributed by atoms with Gasteiger partial charge in [-0.15, -0.1) is 0 Å². The number of carbonyl (C=O) groups is 1. The van der Waals surface area contributed by atoms with Gasteiger partial charge in [-0.2, -0.15) is 5.10 Å². The Morgan fingerprint density at radius 2 is 2.29 bits per heavy atom. The number of hydrogen-bond donors (Lipinski definition) is 3. The monoisotopic (exact) mass is 286 g/mol. The Bertz CT molecular complexity index is 634. The van der Waals surface area contributed by atoms with Crippen LogP contribution >= 0.6 is 0 Å². The smallest absolute Gasteiger partial charge is 0.241 e.